The molecule has 0 N–H and O–H groups in total. The van der Waals surface area contributed by atoms with Crippen LogP contribution in [0.15, 0.2) is 40.1 Å². The van der Waals surface area contributed by atoms with Gasteiger partial charge in [-0.2, -0.15) is 0 Å². The van der Waals surface area contributed by atoms with Gasteiger partial charge in [0.15, 0.2) is 5.69 Å². The van der Waals surface area contributed by atoms with Crippen molar-refractivity contribution in [3.05, 3.63) is 47.2 Å². The van der Waals surface area contributed by atoms with Crippen LogP contribution in [0, 0.1) is 0 Å². The third-order valence-corrected chi connectivity index (χ3v) is 3.98. The van der Waals surface area contributed by atoms with E-state index in [9.17, 15) is 4.79 Å². The molecule has 0 aliphatic rings. The summed E-state index contributed by atoms with van der Waals surface area (Å²) in [6.45, 7) is 3.24. The van der Waals surface area contributed by atoms with E-state index in [0.29, 0.717) is 18.8 Å². The smallest absolute Gasteiger partial charge is 0.275 e. The van der Waals surface area contributed by atoms with Crippen molar-refractivity contribution in [1.82, 2.24) is 14.5 Å². The van der Waals surface area contributed by atoms with Crippen LogP contribution in [-0.2, 0) is 6.54 Å². The van der Waals surface area contributed by atoms with Crippen LogP contribution in [-0.4, -0.2) is 26.9 Å². The fourth-order valence-electron chi connectivity index (χ4n) is 2.32. The van der Waals surface area contributed by atoms with Gasteiger partial charge in [-0.3, -0.25) is 4.79 Å². The topological polar surface area (TPSA) is 59.2 Å². The van der Waals surface area contributed by atoms with Gasteiger partial charge in [-0.1, -0.05) is 36.0 Å². The quantitative estimate of drug-likeness (QED) is 0.695. The molecule has 0 aliphatic heterocycles. The Kier molecular flexibility index (Phi) is 4.48. The minimum atomic E-state index is -0.0948. The van der Waals surface area contributed by atoms with Gasteiger partial charge in [0, 0.05) is 17.3 Å². The first-order chi connectivity index (χ1) is 10.8. The molecule has 114 valence electrons. The van der Waals surface area contributed by atoms with Crippen LogP contribution >= 0.6 is 11.5 Å². The largest absolute Gasteiger partial charge is 0.459 e. The number of amides is 1. The molecule has 0 unspecified atom stereocenters. The molecule has 2 heterocycles. The van der Waals surface area contributed by atoms with Gasteiger partial charge in [0.05, 0.1) is 6.54 Å². The van der Waals surface area contributed by atoms with E-state index >= 15 is 0 Å². The van der Waals surface area contributed by atoms with E-state index in [1.165, 1.54) is 11.5 Å². The van der Waals surface area contributed by atoms with Crippen molar-refractivity contribution in [2.75, 3.05) is 6.54 Å². The number of rotatable bonds is 6. The molecule has 0 radical (unpaired) electrons. The molecule has 22 heavy (non-hydrogen) atoms. The van der Waals surface area contributed by atoms with Crippen LogP contribution in [0.25, 0.3) is 11.0 Å². The first-order valence-electron chi connectivity index (χ1n) is 7.31. The number of nitrogens with zero attached hydrogens (tertiary/aromatic N) is 3. The number of carbonyl (C=O) groups excluding carboxylic acids is 1. The lowest BCUT2D eigenvalue weighted by Crippen LogP contribution is -2.31. The van der Waals surface area contributed by atoms with Crippen LogP contribution in [0.2, 0.25) is 0 Å². The Balaban J connectivity index is 1.81. The van der Waals surface area contributed by atoms with Crippen molar-refractivity contribution >= 4 is 28.4 Å². The molecule has 0 saturated carbocycles. The van der Waals surface area contributed by atoms with Crippen molar-refractivity contribution in [1.29, 1.82) is 0 Å². The van der Waals surface area contributed by atoms with Crippen molar-refractivity contribution in [2.24, 2.45) is 0 Å². The van der Waals surface area contributed by atoms with Crippen molar-refractivity contribution < 1.29 is 9.21 Å². The lowest BCUT2D eigenvalue weighted by molar-refractivity contribution is 0.0724. The van der Waals surface area contributed by atoms with Crippen LogP contribution < -0.4 is 0 Å². The molecule has 0 spiro atoms. The molecule has 0 saturated heterocycles. The Labute approximate surface area is 132 Å². The first-order valence-corrected chi connectivity index (χ1v) is 8.15. The Morgan fingerprint density at radius 3 is 2.95 bits per heavy atom. The van der Waals surface area contributed by atoms with Gasteiger partial charge in [-0.15, -0.1) is 5.10 Å². The number of furan rings is 1. The predicted octanol–water partition coefficient (Wildman–Crippen LogP) is 3.73. The standard InChI is InChI=1S/C16H17N3O2S/c1-2-3-8-19(16(20)14-11-22-18-17-14)10-13-9-12-6-4-5-7-15(12)21-13/h4-7,9,11H,2-3,8,10H2,1H3. The number of fused-ring (bicyclic) bond motifs is 1. The lowest BCUT2D eigenvalue weighted by Gasteiger charge is -2.20. The zero-order valence-electron chi connectivity index (χ0n) is 12.4. The monoisotopic (exact) mass is 315 g/mol. The number of para-hydroxylation sites is 1. The normalized spacial score (nSPS) is 11.0. The summed E-state index contributed by atoms with van der Waals surface area (Å²) in [5.74, 6) is 0.691. The highest BCUT2D eigenvalue weighted by Crippen LogP contribution is 2.21. The second-order valence-corrected chi connectivity index (χ2v) is 5.73. The average molecular weight is 315 g/mol. The maximum Gasteiger partial charge on any atom is 0.275 e. The summed E-state index contributed by atoms with van der Waals surface area (Å²) in [6.07, 6.45) is 1.97. The molecule has 0 bridgehead atoms. The molecule has 1 aromatic carbocycles. The summed E-state index contributed by atoms with van der Waals surface area (Å²) in [7, 11) is 0. The van der Waals surface area contributed by atoms with Crippen LogP contribution in [0.3, 0.4) is 0 Å². The molecule has 3 rings (SSSR count). The number of hydrogen-bond acceptors (Lipinski definition) is 5. The Hall–Kier alpha value is -2.21. The molecule has 2 aromatic heterocycles. The van der Waals surface area contributed by atoms with Gasteiger partial charge < -0.3 is 9.32 Å². The molecular weight excluding hydrogens is 298 g/mol. The number of unbranched alkanes of at least 4 members (excludes halogenated alkanes) is 1. The number of carbonyl (C=O) groups is 1. The van der Waals surface area contributed by atoms with E-state index in [4.69, 9.17) is 4.42 Å². The van der Waals surface area contributed by atoms with E-state index in [-0.39, 0.29) is 5.91 Å². The molecular formula is C16H17N3O2S. The highest BCUT2D eigenvalue weighted by atomic mass is 32.1. The zero-order chi connectivity index (χ0) is 15.4. The highest BCUT2D eigenvalue weighted by molar-refractivity contribution is 7.03. The van der Waals surface area contributed by atoms with E-state index in [1.807, 2.05) is 30.3 Å². The van der Waals surface area contributed by atoms with Gasteiger partial charge in [0.1, 0.15) is 11.3 Å². The minimum Gasteiger partial charge on any atom is -0.459 e. The summed E-state index contributed by atoms with van der Waals surface area (Å²) in [5, 5.41) is 6.61. The van der Waals surface area contributed by atoms with Crippen LogP contribution in [0.1, 0.15) is 36.0 Å². The zero-order valence-corrected chi connectivity index (χ0v) is 13.2. The maximum absolute atomic E-state index is 12.5. The summed E-state index contributed by atoms with van der Waals surface area (Å²) < 4.78 is 9.59. The molecule has 1 amide bonds. The van der Waals surface area contributed by atoms with Crippen LogP contribution in [0.5, 0.6) is 0 Å². The molecule has 5 nitrogen and oxygen atoms in total. The SMILES string of the molecule is CCCCN(Cc1cc2ccccc2o1)C(=O)c1csnn1. The van der Waals surface area contributed by atoms with Gasteiger partial charge in [0.25, 0.3) is 5.91 Å². The van der Waals surface area contributed by atoms with Gasteiger partial charge in [-0.25, -0.2) is 0 Å². The van der Waals surface area contributed by atoms with E-state index in [1.54, 1.807) is 10.3 Å². The van der Waals surface area contributed by atoms with Gasteiger partial charge >= 0.3 is 0 Å². The molecule has 0 aliphatic carbocycles. The number of aromatic nitrogens is 2. The van der Waals surface area contributed by atoms with E-state index in [0.717, 1.165) is 29.6 Å². The minimum absolute atomic E-state index is 0.0948. The second kappa shape index (κ2) is 6.70. The predicted molar refractivity (Wildman–Crippen MR) is 85.8 cm³/mol. The highest BCUT2D eigenvalue weighted by Gasteiger charge is 2.19. The number of benzene rings is 1. The fourth-order valence-corrected chi connectivity index (χ4v) is 2.75. The average Bonchev–Trinajstić information content (AvgIpc) is 3.19. The molecule has 6 heteroatoms. The van der Waals surface area contributed by atoms with Crippen molar-refractivity contribution in [3.8, 4) is 0 Å². The van der Waals surface area contributed by atoms with Gasteiger partial charge in [-0.05, 0) is 30.1 Å². The maximum atomic E-state index is 12.5. The molecule has 0 atom stereocenters. The summed E-state index contributed by atoms with van der Waals surface area (Å²) in [4.78, 5) is 14.3. The molecule has 0 fully saturated rings. The summed E-state index contributed by atoms with van der Waals surface area (Å²) in [6, 6.07) is 9.84. The third kappa shape index (κ3) is 3.17. The fraction of sp³-hybridized carbons (Fsp3) is 0.312. The summed E-state index contributed by atoms with van der Waals surface area (Å²) in [5.41, 5.74) is 1.24. The van der Waals surface area contributed by atoms with Gasteiger partial charge in [0.2, 0.25) is 0 Å². The lowest BCUT2D eigenvalue weighted by atomic mass is 10.2. The van der Waals surface area contributed by atoms with Crippen molar-refractivity contribution in [2.45, 2.75) is 26.3 Å². The Morgan fingerprint density at radius 2 is 2.23 bits per heavy atom. The van der Waals surface area contributed by atoms with Crippen LogP contribution in [0.4, 0.5) is 0 Å². The van der Waals surface area contributed by atoms with Crippen molar-refractivity contribution in [3.63, 3.8) is 0 Å². The third-order valence-electron chi connectivity index (χ3n) is 3.47. The van der Waals surface area contributed by atoms with E-state index in [2.05, 4.69) is 16.5 Å². The molecule has 3 aromatic rings. The summed E-state index contributed by atoms with van der Waals surface area (Å²) >= 11 is 1.19. The second-order valence-electron chi connectivity index (χ2n) is 5.12. The first kappa shape index (κ1) is 14.7. The van der Waals surface area contributed by atoms with E-state index < -0.39 is 0 Å². The number of hydrogen-bond donors (Lipinski definition) is 0. The Morgan fingerprint density at radius 1 is 1.36 bits per heavy atom. The Bertz CT molecular complexity index is 719.